The molecular weight excluding hydrogens is 779 g/mol. The van der Waals surface area contributed by atoms with Crippen molar-refractivity contribution in [2.45, 2.75) is 57.4 Å². The van der Waals surface area contributed by atoms with E-state index in [-0.39, 0.29) is 60.8 Å². The number of aromatic nitrogens is 2. The monoisotopic (exact) mass is 815 g/mol. The van der Waals surface area contributed by atoms with Crippen molar-refractivity contribution in [2.24, 2.45) is 10.7 Å². The van der Waals surface area contributed by atoms with E-state index in [1.54, 1.807) is 67.6 Å². The summed E-state index contributed by atoms with van der Waals surface area (Å²) in [5, 5.41) is 8.08. The number of alkyl carbamates (subject to hydrolysis) is 1. The van der Waals surface area contributed by atoms with Crippen molar-refractivity contribution in [2.75, 3.05) is 5.32 Å². The van der Waals surface area contributed by atoms with Gasteiger partial charge in [-0.2, -0.15) is 18.2 Å². The molecule has 2 heterocycles. The maximum absolute atomic E-state index is 14.0. The second-order valence-corrected chi connectivity index (χ2v) is 13.9. The molecule has 0 unspecified atom stereocenters. The zero-order chi connectivity index (χ0) is 41.5. The molecule has 58 heavy (non-hydrogen) atoms. The van der Waals surface area contributed by atoms with E-state index in [1.807, 2.05) is 24.3 Å². The molecule has 17 heteroatoms. The van der Waals surface area contributed by atoms with Crippen LogP contribution in [0.1, 0.15) is 58.5 Å². The maximum Gasteiger partial charge on any atom is 0.435 e. The van der Waals surface area contributed by atoms with Crippen LogP contribution in [-0.2, 0) is 52.3 Å². The summed E-state index contributed by atoms with van der Waals surface area (Å²) in [5.74, 6) is -1.00. The second kappa shape index (κ2) is 17.6. The number of rotatable bonds is 12. The number of ether oxygens (including phenoxy) is 2. The van der Waals surface area contributed by atoms with Gasteiger partial charge in [0.15, 0.2) is 11.0 Å². The Morgan fingerprint density at radius 1 is 0.879 bits per heavy atom. The summed E-state index contributed by atoms with van der Waals surface area (Å²) in [5.41, 5.74) is 5.74. The molecule has 6 rings (SSSR count). The first-order valence-electron chi connectivity index (χ1n) is 17.8. The lowest BCUT2D eigenvalue weighted by molar-refractivity contribution is -0.137. The third-order valence-electron chi connectivity index (χ3n) is 9.24. The van der Waals surface area contributed by atoms with Crippen molar-refractivity contribution >= 4 is 41.3 Å². The summed E-state index contributed by atoms with van der Waals surface area (Å²) >= 11 is 6.68. The molecule has 0 spiro atoms. The zero-order valence-electron chi connectivity index (χ0n) is 30.9. The Hall–Kier alpha value is -6.68. The quantitative estimate of drug-likeness (QED) is 0.0765. The lowest BCUT2D eigenvalue weighted by Crippen LogP contribution is -2.43. The zero-order valence-corrected chi connectivity index (χ0v) is 31.6. The number of anilines is 1. The fourth-order valence-corrected chi connectivity index (χ4v) is 6.74. The van der Waals surface area contributed by atoms with Gasteiger partial charge < -0.3 is 31.2 Å². The number of nitrogens with zero attached hydrogens (tertiary/aromatic N) is 3. The van der Waals surface area contributed by atoms with Crippen LogP contribution < -0.4 is 27.2 Å². The maximum atomic E-state index is 14.0. The van der Waals surface area contributed by atoms with E-state index >= 15 is 0 Å². The van der Waals surface area contributed by atoms with E-state index in [2.05, 4.69) is 25.9 Å². The first kappa shape index (κ1) is 41.0. The van der Waals surface area contributed by atoms with Gasteiger partial charge in [0.25, 0.3) is 5.56 Å². The highest BCUT2D eigenvalue weighted by Gasteiger charge is 2.48. The Morgan fingerprint density at radius 2 is 1.50 bits per heavy atom. The molecule has 3 amide bonds. The highest BCUT2D eigenvalue weighted by Crippen LogP contribution is 2.42. The Morgan fingerprint density at radius 3 is 2.14 bits per heavy atom. The summed E-state index contributed by atoms with van der Waals surface area (Å²) in [6, 6.07) is 27.9. The molecule has 1 aliphatic rings. The number of carbonyl (C=O) groups excluding carboxylic acids is 3. The Balaban J connectivity index is 1.19. The molecule has 0 aliphatic carbocycles. The van der Waals surface area contributed by atoms with Crippen LogP contribution in [0.5, 0.6) is 0 Å². The normalized spacial score (nSPS) is 16.2. The Kier molecular flexibility index (Phi) is 12.5. The molecule has 13 nitrogen and oxygen atoms in total. The smallest absolute Gasteiger partial charge is 0.435 e. The SMILES string of the molecule is C[C@@]1(NC(=O)OCc2ccccc2)C[C@@H](C(=O)NCc2ccc(C(N)=NC(=O)OCc3ccccc3)cc2)n2c1c(Cl)nc(NCc1cccc(C(F)(F)F)c1)c2=O. The molecule has 2 atom stereocenters. The molecule has 1 aromatic heterocycles. The van der Waals surface area contributed by atoms with Gasteiger partial charge in [0.05, 0.1) is 16.8 Å². The predicted molar refractivity (Wildman–Crippen MR) is 209 cm³/mol. The average Bonchev–Trinajstić information content (AvgIpc) is 3.53. The number of hydrogen-bond donors (Lipinski definition) is 4. The molecule has 0 bridgehead atoms. The van der Waals surface area contributed by atoms with Gasteiger partial charge >= 0.3 is 18.4 Å². The predicted octanol–water partition coefficient (Wildman–Crippen LogP) is 6.97. The van der Waals surface area contributed by atoms with Crippen molar-refractivity contribution < 1.29 is 37.0 Å². The van der Waals surface area contributed by atoms with E-state index in [9.17, 15) is 32.3 Å². The van der Waals surface area contributed by atoms with Gasteiger partial charge in [-0.05, 0) is 41.3 Å². The standard InChI is InChI=1S/C41H37ClF3N7O6/c1-40(51-39(56)58-24-27-11-6-3-7-12-27)20-31(52-32(40)33(42)49-35(37(52)54)47-22-28-13-8-14-30(19-28)41(43,44)45)36(53)48-21-25-15-17-29(18-16-25)34(46)50-38(55)57-23-26-9-4-2-5-10-26/h2-19,31H,20-24H2,1H3,(H,47,49)(H,48,53)(H,51,56)(H2,46,50,55)/t31-,40+/m0/s1. The fraction of sp³-hybridized carbons (Fsp3) is 0.220. The molecule has 5 N–H and O–H groups in total. The van der Waals surface area contributed by atoms with Gasteiger partial charge in [0, 0.05) is 25.1 Å². The number of nitrogens with one attached hydrogen (secondary N) is 3. The molecule has 1 aliphatic heterocycles. The van der Waals surface area contributed by atoms with Crippen LogP contribution in [0, 0.1) is 0 Å². The molecular formula is C41H37ClF3N7O6. The topological polar surface area (TPSA) is 179 Å². The molecule has 0 saturated carbocycles. The Labute approximate surface area is 335 Å². The third-order valence-corrected chi connectivity index (χ3v) is 9.51. The number of carbonyl (C=O) groups is 3. The van der Waals surface area contributed by atoms with Crippen LogP contribution in [-0.4, -0.2) is 33.5 Å². The highest BCUT2D eigenvalue weighted by molar-refractivity contribution is 6.30. The number of amidine groups is 1. The van der Waals surface area contributed by atoms with Crippen LogP contribution in [0.4, 0.5) is 28.6 Å². The summed E-state index contributed by atoms with van der Waals surface area (Å²) in [6.07, 6.45) is -6.42. The highest BCUT2D eigenvalue weighted by atomic mass is 35.5. The summed E-state index contributed by atoms with van der Waals surface area (Å²) < 4.78 is 51.7. The van der Waals surface area contributed by atoms with E-state index in [4.69, 9.17) is 26.8 Å². The minimum Gasteiger partial charge on any atom is -0.445 e. The number of alkyl halides is 3. The van der Waals surface area contributed by atoms with Gasteiger partial charge in [0.1, 0.15) is 25.1 Å². The average molecular weight is 816 g/mol. The minimum absolute atomic E-state index is 0.00140. The lowest BCUT2D eigenvalue weighted by atomic mass is 9.94. The first-order chi connectivity index (χ1) is 27.7. The molecule has 0 fully saturated rings. The number of halogens is 4. The fourth-order valence-electron chi connectivity index (χ4n) is 6.36. The number of aliphatic imine (C=N–C) groups is 1. The number of amides is 3. The van der Waals surface area contributed by atoms with Crippen molar-refractivity contribution in [1.82, 2.24) is 20.2 Å². The number of hydrogen-bond acceptors (Lipinski definition) is 8. The van der Waals surface area contributed by atoms with Gasteiger partial charge in [-0.1, -0.05) is 109 Å². The van der Waals surface area contributed by atoms with Crippen LogP contribution in [0.15, 0.2) is 119 Å². The van der Waals surface area contributed by atoms with Crippen molar-refractivity contribution in [3.63, 3.8) is 0 Å². The van der Waals surface area contributed by atoms with Crippen LogP contribution >= 0.6 is 11.6 Å². The number of nitrogens with two attached hydrogens (primary N) is 1. The lowest BCUT2D eigenvalue weighted by Gasteiger charge is -2.26. The van der Waals surface area contributed by atoms with Crippen molar-refractivity contribution in [3.8, 4) is 0 Å². The van der Waals surface area contributed by atoms with Crippen LogP contribution in [0.25, 0.3) is 0 Å². The number of fused-ring (bicyclic) bond motifs is 1. The minimum atomic E-state index is -4.58. The second-order valence-electron chi connectivity index (χ2n) is 13.5. The Bertz CT molecular complexity index is 2380. The van der Waals surface area contributed by atoms with Gasteiger partial charge in [-0.3, -0.25) is 14.2 Å². The largest absolute Gasteiger partial charge is 0.445 e. The number of benzene rings is 4. The van der Waals surface area contributed by atoms with Crippen molar-refractivity contribution in [3.05, 3.63) is 164 Å². The van der Waals surface area contributed by atoms with E-state index in [0.29, 0.717) is 11.1 Å². The van der Waals surface area contributed by atoms with E-state index in [1.165, 1.54) is 12.1 Å². The van der Waals surface area contributed by atoms with E-state index < -0.39 is 47.0 Å². The molecule has 5 aromatic rings. The molecule has 0 radical (unpaired) electrons. The third kappa shape index (κ3) is 10.00. The van der Waals surface area contributed by atoms with Crippen LogP contribution in [0.2, 0.25) is 5.15 Å². The van der Waals surface area contributed by atoms with E-state index in [0.717, 1.165) is 27.8 Å². The van der Waals surface area contributed by atoms with Gasteiger partial charge in [-0.15, -0.1) is 0 Å². The van der Waals surface area contributed by atoms with Gasteiger partial charge in [0.2, 0.25) is 5.91 Å². The molecule has 300 valence electrons. The van der Waals surface area contributed by atoms with Gasteiger partial charge in [-0.25, -0.2) is 14.6 Å². The molecule has 0 saturated heterocycles. The molecule has 4 aromatic carbocycles. The summed E-state index contributed by atoms with van der Waals surface area (Å²) in [6.45, 7) is 1.32. The summed E-state index contributed by atoms with van der Waals surface area (Å²) in [4.78, 5) is 61.3. The van der Waals surface area contributed by atoms with Crippen LogP contribution in [0.3, 0.4) is 0 Å². The van der Waals surface area contributed by atoms with Crippen molar-refractivity contribution in [1.29, 1.82) is 0 Å². The first-order valence-corrected chi connectivity index (χ1v) is 18.2. The summed E-state index contributed by atoms with van der Waals surface area (Å²) in [7, 11) is 0.